The fourth-order valence-electron chi connectivity index (χ4n) is 3.34. The number of hydrogen-bond donors (Lipinski definition) is 0. The van der Waals surface area contributed by atoms with Crippen molar-refractivity contribution in [2.45, 2.75) is 26.4 Å². The molecule has 0 spiro atoms. The highest BCUT2D eigenvalue weighted by atomic mass is 19.2. The summed E-state index contributed by atoms with van der Waals surface area (Å²) in [6.45, 7) is 8.00. The summed E-state index contributed by atoms with van der Waals surface area (Å²) < 4.78 is 31.7. The van der Waals surface area contributed by atoms with Crippen molar-refractivity contribution in [1.29, 1.82) is 0 Å². The second-order valence-electron chi connectivity index (χ2n) is 7.34. The third-order valence-corrected chi connectivity index (χ3v) is 5.29. The molecular weight excluding hydrogens is 366 g/mol. The van der Waals surface area contributed by atoms with E-state index in [0.29, 0.717) is 12.1 Å². The summed E-state index contributed by atoms with van der Waals surface area (Å²) >= 11 is 0. The van der Waals surface area contributed by atoms with Gasteiger partial charge in [-0.3, -0.25) is 14.6 Å². The van der Waals surface area contributed by atoms with Gasteiger partial charge in [0.1, 0.15) is 5.76 Å². The number of nitrogens with zero attached hydrogens (tertiary/aromatic N) is 4. The highest BCUT2D eigenvalue weighted by molar-refractivity contribution is 5.78. The van der Waals surface area contributed by atoms with Gasteiger partial charge >= 0.3 is 0 Å². The van der Waals surface area contributed by atoms with Crippen LogP contribution in [0.5, 0.6) is 0 Å². The lowest BCUT2D eigenvalue weighted by atomic mass is 10.1. The summed E-state index contributed by atoms with van der Waals surface area (Å²) in [5.74, 6) is -1.03. The van der Waals surface area contributed by atoms with Crippen molar-refractivity contribution in [3.63, 3.8) is 0 Å². The van der Waals surface area contributed by atoms with Gasteiger partial charge in [-0.05, 0) is 31.5 Å². The van der Waals surface area contributed by atoms with Crippen LogP contribution >= 0.6 is 0 Å². The molecule has 0 bridgehead atoms. The first kappa shape index (κ1) is 20.4. The minimum Gasteiger partial charge on any atom is -0.361 e. The molecule has 1 aromatic heterocycles. The van der Waals surface area contributed by atoms with Gasteiger partial charge in [-0.25, -0.2) is 8.78 Å². The SMILES string of the molecule is Cc1cc(CN2CCN(CC(=O)N(C)C(C)c3ccc(F)c(F)c3)CC2)no1. The lowest BCUT2D eigenvalue weighted by Crippen LogP contribution is -2.49. The number of carbonyl (C=O) groups is 1. The highest BCUT2D eigenvalue weighted by Crippen LogP contribution is 2.21. The van der Waals surface area contributed by atoms with Crippen LogP contribution < -0.4 is 0 Å². The molecule has 1 atom stereocenters. The zero-order valence-corrected chi connectivity index (χ0v) is 16.5. The second-order valence-corrected chi connectivity index (χ2v) is 7.34. The van der Waals surface area contributed by atoms with E-state index in [4.69, 9.17) is 4.52 Å². The molecule has 152 valence electrons. The Hall–Kier alpha value is -2.32. The predicted molar refractivity (Wildman–Crippen MR) is 101 cm³/mol. The molecule has 6 nitrogen and oxygen atoms in total. The van der Waals surface area contributed by atoms with Crippen molar-refractivity contribution in [1.82, 2.24) is 19.9 Å². The Morgan fingerprint density at radius 2 is 1.86 bits per heavy atom. The quantitative estimate of drug-likeness (QED) is 0.756. The molecule has 0 radical (unpaired) electrons. The van der Waals surface area contributed by atoms with Crippen LogP contribution in [0.3, 0.4) is 0 Å². The molecule has 0 aliphatic carbocycles. The Morgan fingerprint density at radius 1 is 1.18 bits per heavy atom. The van der Waals surface area contributed by atoms with Crippen LogP contribution in [0, 0.1) is 18.6 Å². The Balaban J connectivity index is 1.48. The fourth-order valence-corrected chi connectivity index (χ4v) is 3.34. The van der Waals surface area contributed by atoms with Crippen LogP contribution in [0.15, 0.2) is 28.8 Å². The molecule has 28 heavy (non-hydrogen) atoms. The lowest BCUT2D eigenvalue weighted by Gasteiger charge is -2.35. The van der Waals surface area contributed by atoms with E-state index in [1.54, 1.807) is 11.9 Å². The first-order chi connectivity index (χ1) is 13.3. The third kappa shape index (κ3) is 4.94. The van der Waals surface area contributed by atoms with Crippen LogP contribution in [0.4, 0.5) is 8.78 Å². The number of aromatic nitrogens is 1. The molecule has 1 aliphatic heterocycles. The molecule has 2 aromatic rings. The third-order valence-electron chi connectivity index (χ3n) is 5.29. The van der Waals surface area contributed by atoms with E-state index in [0.717, 1.165) is 56.3 Å². The van der Waals surface area contributed by atoms with Gasteiger partial charge in [0.05, 0.1) is 18.3 Å². The van der Waals surface area contributed by atoms with Crippen LogP contribution in [0.2, 0.25) is 0 Å². The maximum atomic E-state index is 13.5. The molecule has 1 amide bonds. The number of likely N-dealkylation sites (N-methyl/N-ethyl adjacent to an activating group) is 1. The molecule has 2 heterocycles. The number of hydrogen-bond acceptors (Lipinski definition) is 5. The Kier molecular flexibility index (Phi) is 6.41. The van der Waals surface area contributed by atoms with Crippen molar-refractivity contribution in [3.05, 3.63) is 52.9 Å². The molecule has 1 aliphatic rings. The van der Waals surface area contributed by atoms with Gasteiger partial charge in [0, 0.05) is 45.8 Å². The molecule has 3 rings (SSSR count). The molecule has 1 saturated heterocycles. The summed E-state index contributed by atoms with van der Waals surface area (Å²) in [6, 6.07) is 5.35. The maximum Gasteiger partial charge on any atom is 0.236 e. The van der Waals surface area contributed by atoms with E-state index in [-0.39, 0.29) is 11.9 Å². The second kappa shape index (κ2) is 8.79. The van der Waals surface area contributed by atoms with E-state index < -0.39 is 11.6 Å². The number of rotatable bonds is 6. The Morgan fingerprint density at radius 3 is 2.46 bits per heavy atom. The summed E-state index contributed by atoms with van der Waals surface area (Å²) in [7, 11) is 1.69. The van der Waals surface area contributed by atoms with E-state index in [1.165, 1.54) is 6.07 Å². The zero-order valence-electron chi connectivity index (χ0n) is 16.5. The summed E-state index contributed by atoms with van der Waals surface area (Å²) in [5.41, 5.74) is 1.49. The van der Waals surface area contributed by atoms with Gasteiger partial charge in [-0.15, -0.1) is 0 Å². The number of piperazine rings is 1. The van der Waals surface area contributed by atoms with Crippen molar-refractivity contribution in [2.75, 3.05) is 39.8 Å². The van der Waals surface area contributed by atoms with E-state index in [9.17, 15) is 13.6 Å². The summed E-state index contributed by atoms with van der Waals surface area (Å²) in [4.78, 5) is 18.6. The van der Waals surface area contributed by atoms with Gasteiger partial charge in [0.15, 0.2) is 11.6 Å². The molecule has 8 heteroatoms. The molecule has 1 aromatic carbocycles. The minimum atomic E-state index is -0.899. The van der Waals surface area contributed by atoms with Crippen molar-refractivity contribution in [3.8, 4) is 0 Å². The molecule has 0 N–H and O–H groups in total. The molecule has 1 fully saturated rings. The molecule has 0 saturated carbocycles. The van der Waals surface area contributed by atoms with Gasteiger partial charge in [-0.2, -0.15) is 0 Å². The van der Waals surface area contributed by atoms with Crippen LogP contribution in [0.25, 0.3) is 0 Å². The van der Waals surface area contributed by atoms with Crippen molar-refractivity contribution < 1.29 is 18.1 Å². The van der Waals surface area contributed by atoms with Crippen molar-refractivity contribution in [2.24, 2.45) is 0 Å². The van der Waals surface area contributed by atoms with Crippen LogP contribution in [-0.4, -0.2) is 65.5 Å². The Labute approximate surface area is 163 Å². The number of halogens is 2. The van der Waals surface area contributed by atoms with Crippen LogP contribution in [-0.2, 0) is 11.3 Å². The van der Waals surface area contributed by atoms with E-state index >= 15 is 0 Å². The van der Waals surface area contributed by atoms with Gasteiger partial charge < -0.3 is 9.42 Å². The monoisotopic (exact) mass is 392 g/mol. The number of carbonyl (C=O) groups excluding carboxylic acids is 1. The number of benzene rings is 1. The smallest absolute Gasteiger partial charge is 0.236 e. The fraction of sp³-hybridized carbons (Fsp3) is 0.500. The normalized spacial score (nSPS) is 16.9. The summed E-state index contributed by atoms with van der Waals surface area (Å²) in [5, 5.41) is 4.02. The van der Waals surface area contributed by atoms with E-state index in [1.807, 2.05) is 19.9 Å². The molecule has 1 unspecified atom stereocenters. The highest BCUT2D eigenvalue weighted by Gasteiger charge is 2.24. The first-order valence-electron chi connectivity index (χ1n) is 9.41. The van der Waals surface area contributed by atoms with Gasteiger partial charge in [0.25, 0.3) is 0 Å². The largest absolute Gasteiger partial charge is 0.361 e. The van der Waals surface area contributed by atoms with Crippen LogP contribution in [0.1, 0.15) is 30.0 Å². The van der Waals surface area contributed by atoms with E-state index in [2.05, 4.69) is 15.0 Å². The average molecular weight is 392 g/mol. The van der Waals surface area contributed by atoms with Crippen molar-refractivity contribution >= 4 is 5.91 Å². The summed E-state index contributed by atoms with van der Waals surface area (Å²) in [6.07, 6.45) is 0. The first-order valence-corrected chi connectivity index (χ1v) is 9.41. The Bertz CT molecular complexity index is 818. The maximum absolute atomic E-state index is 13.5. The minimum absolute atomic E-state index is 0.0437. The standard InChI is InChI=1S/C20H26F2N4O2/c1-14-10-17(23-28-14)12-25-6-8-26(9-7-25)13-20(27)24(3)15(2)16-4-5-18(21)19(22)11-16/h4-5,10-11,15H,6-9,12-13H2,1-3H3. The topological polar surface area (TPSA) is 52.8 Å². The predicted octanol–water partition coefficient (Wildman–Crippen LogP) is 2.60. The lowest BCUT2D eigenvalue weighted by molar-refractivity contribution is -0.133. The van der Waals surface area contributed by atoms with Gasteiger partial charge in [0.2, 0.25) is 5.91 Å². The number of aryl methyl sites for hydroxylation is 1. The van der Waals surface area contributed by atoms with Gasteiger partial charge in [-0.1, -0.05) is 11.2 Å². The molecular formula is C20H26F2N4O2. The average Bonchev–Trinajstić information content (AvgIpc) is 3.09. The zero-order chi connectivity index (χ0) is 20.3. The number of amides is 1.